The van der Waals surface area contributed by atoms with Crippen molar-refractivity contribution in [2.24, 2.45) is 10.7 Å². The van der Waals surface area contributed by atoms with E-state index in [9.17, 15) is 10.1 Å². The van der Waals surface area contributed by atoms with Gasteiger partial charge in [0.15, 0.2) is 5.17 Å². The molecule has 2 aliphatic heterocycles. The van der Waals surface area contributed by atoms with Crippen molar-refractivity contribution in [3.63, 3.8) is 0 Å². The van der Waals surface area contributed by atoms with Gasteiger partial charge < -0.3 is 15.2 Å². The lowest BCUT2D eigenvalue weighted by Crippen LogP contribution is -2.38. The molecule has 0 unspecified atom stereocenters. The molecule has 0 fully saturated rings. The van der Waals surface area contributed by atoms with E-state index in [1.54, 1.807) is 18.7 Å². The van der Waals surface area contributed by atoms with E-state index in [4.69, 9.17) is 15.2 Å². The molecule has 2 heterocycles. The fourth-order valence-corrected chi connectivity index (χ4v) is 3.95. The van der Waals surface area contributed by atoms with Crippen molar-refractivity contribution >= 4 is 22.9 Å². The van der Waals surface area contributed by atoms with E-state index in [1.165, 1.54) is 11.8 Å². The second-order valence-electron chi connectivity index (χ2n) is 5.82. The van der Waals surface area contributed by atoms with E-state index in [2.05, 4.69) is 11.1 Å². The summed E-state index contributed by atoms with van der Waals surface area (Å²) in [7, 11) is 0. The molecule has 140 valence electrons. The number of nitrogens with zero attached hydrogens (tertiary/aromatic N) is 3. The van der Waals surface area contributed by atoms with Crippen LogP contribution < -0.4 is 10.5 Å². The second-order valence-corrected chi connectivity index (χ2v) is 6.79. The molecule has 1 aromatic rings. The second kappa shape index (κ2) is 7.76. The Morgan fingerprint density at radius 1 is 1.33 bits per heavy atom. The molecule has 1 atom stereocenters. The van der Waals surface area contributed by atoms with Crippen LogP contribution in [0.15, 0.2) is 51.3 Å². The Balaban J connectivity index is 2.12. The molecule has 7 nitrogen and oxygen atoms in total. The highest BCUT2D eigenvalue weighted by Crippen LogP contribution is 2.45. The van der Waals surface area contributed by atoms with Crippen LogP contribution in [0, 0.1) is 11.3 Å². The Morgan fingerprint density at radius 2 is 2.04 bits per heavy atom. The van der Waals surface area contributed by atoms with Crippen LogP contribution in [-0.2, 0) is 9.53 Å². The quantitative estimate of drug-likeness (QED) is 0.779. The van der Waals surface area contributed by atoms with E-state index in [0.717, 1.165) is 11.3 Å². The number of ether oxygens (including phenoxy) is 2. The Labute approximate surface area is 162 Å². The molecule has 0 saturated heterocycles. The third-order valence-corrected chi connectivity index (χ3v) is 5.16. The molecule has 0 radical (unpaired) electrons. The summed E-state index contributed by atoms with van der Waals surface area (Å²) in [5, 5.41) is 9.93. The number of hydrogen-bond acceptors (Lipinski definition) is 8. The number of thioether (sulfide) groups is 1. The molecule has 3 rings (SSSR count). The zero-order valence-electron chi connectivity index (χ0n) is 15.4. The number of nitriles is 1. The number of amidine groups is 1. The molecule has 1 aromatic carbocycles. The van der Waals surface area contributed by atoms with Crippen LogP contribution in [-0.4, -0.2) is 29.3 Å². The lowest BCUT2D eigenvalue weighted by Gasteiger charge is -2.34. The fourth-order valence-electron chi connectivity index (χ4n) is 3.04. The molecule has 0 aromatic heterocycles. The number of carbonyl (C=O) groups excluding carboxylic acids is 1. The summed E-state index contributed by atoms with van der Waals surface area (Å²) in [4.78, 5) is 19.2. The van der Waals surface area contributed by atoms with Crippen molar-refractivity contribution in [2.45, 2.75) is 26.8 Å². The zero-order valence-corrected chi connectivity index (χ0v) is 16.2. The largest absolute Gasteiger partial charge is 0.494 e. The van der Waals surface area contributed by atoms with Crippen molar-refractivity contribution in [1.82, 2.24) is 4.90 Å². The Hall–Kier alpha value is -2.92. The van der Waals surface area contributed by atoms with Crippen molar-refractivity contribution in [1.29, 1.82) is 5.26 Å². The van der Waals surface area contributed by atoms with Crippen LogP contribution in [0.5, 0.6) is 5.75 Å². The van der Waals surface area contributed by atoms with Crippen LogP contribution in [0.2, 0.25) is 0 Å². The maximum Gasteiger partial charge on any atom is 0.338 e. The van der Waals surface area contributed by atoms with Gasteiger partial charge in [-0.25, -0.2) is 9.79 Å². The van der Waals surface area contributed by atoms with Crippen LogP contribution in [0.3, 0.4) is 0 Å². The van der Waals surface area contributed by atoms with Gasteiger partial charge in [0.2, 0.25) is 0 Å². The van der Waals surface area contributed by atoms with Gasteiger partial charge >= 0.3 is 5.97 Å². The molecule has 0 aliphatic carbocycles. The number of aliphatic imine (C=N–C) groups is 1. The van der Waals surface area contributed by atoms with E-state index < -0.39 is 12.0 Å². The van der Waals surface area contributed by atoms with Gasteiger partial charge in [-0.2, -0.15) is 5.26 Å². The Morgan fingerprint density at radius 3 is 2.63 bits per heavy atom. The van der Waals surface area contributed by atoms with Crippen LogP contribution in [0.4, 0.5) is 0 Å². The summed E-state index contributed by atoms with van der Waals surface area (Å²) >= 11 is 1.20. The Bertz CT molecular complexity index is 897. The molecule has 0 bridgehead atoms. The Kier molecular flexibility index (Phi) is 5.42. The summed E-state index contributed by atoms with van der Waals surface area (Å²) < 4.78 is 10.8. The van der Waals surface area contributed by atoms with Crippen LogP contribution in [0.25, 0.3) is 0 Å². The smallest absolute Gasteiger partial charge is 0.338 e. The standard InChI is InChI=1S/C19H20N4O3S/c1-4-25-13-8-6-12(7-9-13)16-15(18(24)26-5-2)11(3)22-19-23(16)17(21)14(10-20)27-19/h6-9,16H,4-5,21H2,1-3H3/t16-/m1/s1. The van der Waals surface area contributed by atoms with E-state index in [0.29, 0.717) is 27.9 Å². The molecule has 2 N–H and O–H groups in total. The molecule has 0 spiro atoms. The third kappa shape index (κ3) is 3.38. The van der Waals surface area contributed by atoms with Gasteiger partial charge in [-0.15, -0.1) is 0 Å². The molecule has 0 saturated carbocycles. The predicted molar refractivity (Wildman–Crippen MR) is 103 cm³/mol. The third-order valence-electron chi connectivity index (χ3n) is 4.18. The SMILES string of the molecule is CCOC(=O)C1=C(C)N=C2SC(C#N)=C(N)N2[C@@H]1c1ccc(OCC)cc1. The van der Waals surface area contributed by atoms with Crippen molar-refractivity contribution in [2.75, 3.05) is 13.2 Å². The number of carbonyl (C=O) groups is 1. The molecule has 8 heteroatoms. The first-order chi connectivity index (χ1) is 13.0. The maximum atomic E-state index is 12.7. The fraction of sp³-hybridized carbons (Fsp3) is 0.316. The van der Waals surface area contributed by atoms with Crippen LogP contribution in [0.1, 0.15) is 32.4 Å². The monoisotopic (exact) mass is 384 g/mol. The van der Waals surface area contributed by atoms with Gasteiger partial charge in [0, 0.05) is 0 Å². The molecule has 0 amide bonds. The van der Waals surface area contributed by atoms with Gasteiger partial charge in [0.05, 0.1) is 30.5 Å². The average molecular weight is 384 g/mol. The highest BCUT2D eigenvalue weighted by molar-refractivity contribution is 8.17. The highest BCUT2D eigenvalue weighted by atomic mass is 32.2. The first kappa shape index (κ1) is 18.9. The molecule has 2 aliphatic rings. The lowest BCUT2D eigenvalue weighted by atomic mass is 9.94. The minimum Gasteiger partial charge on any atom is -0.494 e. The first-order valence-electron chi connectivity index (χ1n) is 8.58. The number of nitrogens with two attached hydrogens (primary N) is 1. The number of benzene rings is 1. The lowest BCUT2D eigenvalue weighted by molar-refractivity contribution is -0.139. The molecular weight excluding hydrogens is 364 g/mol. The van der Waals surface area contributed by atoms with Crippen molar-refractivity contribution in [3.8, 4) is 11.8 Å². The van der Waals surface area contributed by atoms with Crippen molar-refractivity contribution < 1.29 is 14.3 Å². The summed E-state index contributed by atoms with van der Waals surface area (Å²) in [5.74, 6) is 0.579. The maximum absolute atomic E-state index is 12.7. The summed E-state index contributed by atoms with van der Waals surface area (Å²) in [6.07, 6.45) is 0. The van der Waals surface area contributed by atoms with Gasteiger partial charge in [-0.05, 0) is 50.2 Å². The van der Waals surface area contributed by atoms with Gasteiger partial charge in [-0.1, -0.05) is 12.1 Å². The molecular formula is C19H20N4O3S. The number of rotatable bonds is 5. The normalized spacial score (nSPS) is 18.8. The van der Waals surface area contributed by atoms with E-state index in [1.807, 2.05) is 31.2 Å². The zero-order chi connectivity index (χ0) is 19.6. The van der Waals surface area contributed by atoms with Gasteiger partial charge in [0.25, 0.3) is 0 Å². The van der Waals surface area contributed by atoms with E-state index >= 15 is 0 Å². The number of allylic oxidation sites excluding steroid dienone is 2. The van der Waals surface area contributed by atoms with Gasteiger partial charge in [0.1, 0.15) is 22.5 Å². The van der Waals surface area contributed by atoms with Gasteiger partial charge in [-0.3, -0.25) is 4.90 Å². The minimum absolute atomic E-state index is 0.256. The van der Waals surface area contributed by atoms with Crippen LogP contribution >= 0.6 is 11.8 Å². The number of hydrogen-bond donors (Lipinski definition) is 1. The predicted octanol–water partition coefficient (Wildman–Crippen LogP) is 3.03. The minimum atomic E-state index is -0.523. The first-order valence-corrected chi connectivity index (χ1v) is 9.39. The number of esters is 1. The number of fused-ring (bicyclic) bond motifs is 1. The topological polar surface area (TPSA) is 101 Å². The van der Waals surface area contributed by atoms with E-state index in [-0.39, 0.29) is 12.4 Å². The molecule has 27 heavy (non-hydrogen) atoms. The average Bonchev–Trinajstić information content (AvgIpc) is 2.97. The highest BCUT2D eigenvalue weighted by Gasteiger charge is 2.42. The summed E-state index contributed by atoms with van der Waals surface area (Å²) in [6.45, 7) is 6.26. The van der Waals surface area contributed by atoms with Crippen molar-refractivity contribution in [3.05, 3.63) is 51.8 Å². The summed E-state index contributed by atoms with van der Waals surface area (Å²) in [6, 6.07) is 9.02. The summed E-state index contributed by atoms with van der Waals surface area (Å²) in [5.41, 5.74) is 8.01.